The van der Waals surface area contributed by atoms with Crippen LogP contribution in [0, 0.1) is 0 Å². The van der Waals surface area contributed by atoms with Crippen LogP contribution in [-0.2, 0) is 19.2 Å². The van der Waals surface area contributed by atoms with Gasteiger partial charge in [0.15, 0.2) is 5.78 Å². The van der Waals surface area contributed by atoms with Crippen molar-refractivity contribution in [1.82, 2.24) is 0 Å². The summed E-state index contributed by atoms with van der Waals surface area (Å²) < 4.78 is 0. The van der Waals surface area contributed by atoms with Crippen molar-refractivity contribution in [3.63, 3.8) is 0 Å². The third kappa shape index (κ3) is 3.45. The number of carbonyl (C=O) groups excluding carboxylic acids is 2. The van der Waals surface area contributed by atoms with E-state index in [4.69, 9.17) is 5.11 Å². The van der Waals surface area contributed by atoms with E-state index >= 15 is 0 Å². The number of hydrogen-bond donors (Lipinski definition) is 1. The molecule has 0 saturated carbocycles. The number of carboxylic acid groups (broad SMARTS) is 1. The van der Waals surface area contributed by atoms with E-state index in [0.717, 1.165) is 13.8 Å². The molecule has 0 spiro atoms. The maximum Gasteiger partial charge on any atom is 0.361 e. The van der Waals surface area contributed by atoms with Gasteiger partial charge in [0.25, 0.3) is 0 Å². The molecular formula is C6H7NO5. The SMILES string of the molecule is CC(=O)O/N=C(\C(C)=O)C(=O)O. The van der Waals surface area contributed by atoms with Crippen molar-refractivity contribution in [2.24, 2.45) is 5.16 Å². The fourth-order valence-corrected chi connectivity index (χ4v) is 0.364. The van der Waals surface area contributed by atoms with Crippen molar-refractivity contribution in [2.45, 2.75) is 13.8 Å². The monoisotopic (exact) mass is 173 g/mol. The first-order valence-corrected chi connectivity index (χ1v) is 2.95. The summed E-state index contributed by atoms with van der Waals surface area (Å²) in [6, 6.07) is 0. The molecule has 0 fully saturated rings. The number of Topliss-reactive ketones (excluding diaryl/α,β-unsaturated/α-hetero) is 1. The molecule has 0 aromatic heterocycles. The quantitative estimate of drug-likeness (QED) is 0.271. The Morgan fingerprint density at radius 2 is 1.75 bits per heavy atom. The lowest BCUT2D eigenvalue weighted by molar-refractivity contribution is -0.141. The van der Waals surface area contributed by atoms with Gasteiger partial charge in [-0.25, -0.2) is 9.59 Å². The van der Waals surface area contributed by atoms with E-state index in [0.29, 0.717) is 0 Å². The van der Waals surface area contributed by atoms with Gasteiger partial charge >= 0.3 is 11.9 Å². The largest absolute Gasteiger partial charge is 0.476 e. The Balaban J connectivity index is 4.51. The fraction of sp³-hybridized carbons (Fsp3) is 0.333. The van der Waals surface area contributed by atoms with Crippen LogP contribution in [0.1, 0.15) is 13.8 Å². The molecule has 0 aliphatic rings. The summed E-state index contributed by atoms with van der Waals surface area (Å²) in [6.07, 6.45) is 0. The predicted molar refractivity (Wildman–Crippen MR) is 37.5 cm³/mol. The van der Waals surface area contributed by atoms with E-state index in [1.54, 1.807) is 0 Å². The molecule has 0 unspecified atom stereocenters. The molecule has 1 N–H and O–H groups in total. The summed E-state index contributed by atoms with van der Waals surface area (Å²) in [5.74, 6) is -3.08. The summed E-state index contributed by atoms with van der Waals surface area (Å²) >= 11 is 0. The van der Waals surface area contributed by atoms with Gasteiger partial charge in [0, 0.05) is 13.8 Å². The highest BCUT2D eigenvalue weighted by atomic mass is 16.7. The van der Waals surface area contributed by atoms with Crippen LogP contribution < -0.4 is 0 Å². The van der Waals surface area contributed by atoms with Crippen LogP contribution in [0.2, 0.25) is 0 Å². The van der Waals surface area contributed by atoms with Crippen LogP contribution in [0.5, 0.6) is 0 Å². The highest BCUT2D eigenvalue weighted by Crippen LogP contribution is 1.85. The summed E-state index contributed by atoms with van der Waals surface area (Å²) in [7, 11) is 0. The Bertz CT molecular complexity index is 239. The van der Waals surface area contributed by atoms with Gasteiger partial charge in [0.05, 0.1) is 0 Å². The van der Waals surface area contributed by atoms with Crippen molar-refractivity contribution in [3.05, 3.63) is 0 Å². The molecule has 6 heteroatoms. The average molecular weight is 173 g/mol. The molecule has 6 nitrogen and oxygen atoms in total. The zero-order valence-electron chi connectivity index (χ0n) is 6.53. The molecule has 66 valence electrons. The Morgan fingerprint density at radius 3 is 2.00 bits per heavy atom. The highest BCUT2D eigenvalue weighted by Gasteiger charge is 2.16. The lowest BCUT2D eigenvalue weighted by atomic mass is 10.3. The molecule has 0 saturated heterocycles. The molecule has 0 bridgehead atoms. The normalized spacial score (nSPS) is 10.7. The second-order valence-electron chi connectivity index (χ2n) is 1.88. The van der Waals surface area contributed by atoms with Crippen LogP contribution >= 0.6 is 0 Å². The second-order valence-corrected chi connectivity index (χ2v) is 1.88. The fourth-order valence-electron chi connectivity index (χ4n) is 0.364. The lowest BCUT2D eigenvalue weighted by Crippen LogP contribution is -2.21. The standard InChI is InChI=1S/C6H7NO5/c1-3(8)5(6(10)11)7-12-4(2)9/h1-2H3,(H,10,11)/b7-5+. The number of rotatable bonds is 3. The number of ketones is 1. The van der Waals surface area contributed by atoms with Gasteiger partial charge in [-0.15, -0.1) is 0 Å². The minimum atomic E-state index is -1.52. The zero-order valence-corrected chi connectivity index (χ0v) is 6.53. The molecule has 0 atom stereocenters. The van der Waals surface area contributed by atoms with Crippen LogP contribution in [0.15, 0.2) is 5.16 Å². The number of oxime groups is 1. The predicted octanol–water partition coefficient (Wildman–Crippen LogP) is -0.421. The number of hydrogen-bond acceptors (Lipinski definition) is 5. The van der Waals surface area contributed by atoms with E-state index < -0.39 is 23.4 Å². The summed E-state index contributed by atoms with van der Waals surface area (Å²) in [6.45, 7) is 2.06. The first kappa shape index (κ1) is 10.3. The van der Waals surface area contributed by atoms with Gasteiger partial charge in [-0.05, 0) is 0 Å². The van der Waals surface area contributed by atoms with Gasteiger partial charge < -0.3 is 9.94 Å². The first-order chi connectivity index (χ1) is 5.45. The van der Waals surface area contributed by atoms with Crippen molar-refractivity contribution in [2.75, 3.05) is 0 Å². The average Bonchev–Trinajstić information content (AvgIpc) is 1.84. The minimum absolute atomic E-state index is 0.774. The molecule has 0 aromatic carbocycles. The molecule has 0 heterocycles. The second kappa shape index (κ2) is 4.22. The molecule has 12 heavy (non-hydrogen) atoms. The van der Waals surface area contributed by atoms with Gasteiger partial charge in [0.2, 0.25) is 5.71 Å². The van der Waals surface area contributed by atoms with Crippen molar-refractivity contribution < 1.29 is 24.3 Å². The Morgan fingerprint density at radius 1 is 1.25 bits per heavy atom. The number of nitrogens with zero attached hydrogens (tertiary/aromatic N) is 1. The van der Waals surface area contributed by atoms with E-state index in [1.807, 2.05) is 0 Å². The van der Waals surface area contributed by atoms with E-state index in [-0.39, 0.29) is 0 Å². The van der Waals surface area contributed by atoms with Crippen LogP contribution in [0.4, 0.5) is 0 Å². The van der Waals surface area contributed by atoms with Crippen molar-refractivity contribution >= 4 is 23.4 Å². The molecule has 0 aromatic rings. The molecule has 0 rings (SSSR count). The number of aliphatic carboxylic acids is 1. The molecule has 0 radical (unpaired) electrons. The summed E-state index contributed by atoms with van der Waals surface area (Å²) in [4.78, 5) is 34.8. The zero-order chi connectivity index (χ0) is 9.72. The minimum Gasteiger partial charge on any atom is -0.476 e. The van der Waals surface area contributed by atoms with Crippen LogP contribution in [-0.4, -0.2) is 28.5 Å². The van der Waals surface area contributed by atoms with Crippen LogP contribution in [0.25, 0.3) is 0 Å². The maximum atomic E-state index is 10.5. The van der Waals surface area contributed by atoms with Gasteiger partial charge in [-0.1, -0.05) is 5.16 Å². The van der Waals surface area contributed by atoms with Gasteiger partial charge in [-0.3, -0.25) is 4.79 Å². The molecule has 0 aliphatic heterocycles. The highest BCUT2D eigenvalue weighted by molar-refractivity contribution is 6.63. The van der Waals surface area contributed by atoms with Crippen molar-refractivity contribution in [1.29, 1.82) is 0 Å². The maximum absolute atomic E-state index is 10.5. The summed E-state index contributed by atoms with van der Waals surface area (Å²) in [5.41, 5.74) is -0.801. The smallest absolute Gasteiger partial charge is 0.361 e. The Hall–Kier alpha value is -1.72. The van der Waals surface area contributed by atoms with Crippen LogP contribution in [0.3, 0.4) is 0 Å². The van der Waals surface area contributed by atoms with Crippen molar-refractivity contribution in [3.8, 4) is 0 Å². The van der Waals surface area contributed by atoms with E-state index in [1.165, 1.54) is 0 Å². The number of carboxylic acids is 1. The molecule has 0 amide bonds. The van der Waals surface area contributed by atoms with E-state index in [9.17, 15) is 14.4 Å². The van der Waals surface area contributed by atoms with E-state index in [2.05, 4.69) is 9.99 Å². The first-order valence-electron chi connectivity index (χ1n) is 2.95. The molecular weight excluding hydrogens is 166 g/mol. The topological polar surface area (TPSA) is 93.0 Å². The third-order valence-electron chi connectivity index (χ3n) is 0.802. The van der Waals surface area contributed by atoms with Gasteiger partial charge in [-0.2, -0.15) is 0 Å². The number of carbonyl (C=O) groups is 3. The summed E-state index contributed by atoms with van der Waals surface area (Å²) in [5, 5.41) is 11.2. The lowest BCUT2D eigenvalue weighted by Gasteiger charge is -1.93. The Kier molecular flexibility index (Phi) is 3.61. The Labute approximate surface area is 67.8 Å². The molecule has 0 aliphatic carbocycles. The third-order valence-corrected chi connectivity index (χ3v) is 0.802. The van der Waals surface area contributed by atoms with Gasteiger partial charge in [0.1, 0.15) is 0 Å².